The van der Waals surface area contributed by atoms with E-state index in [-0.39, 0.29) is 163 Å². The fourth-order valence-corrected chi connectivity index (χ4v) is 14.6. The van der Waals surface area contributed by atoms with Crippen molar-refractivity contribution in [2.75, 3.05) is 166 Å². The number of carbonyl (C=O) groups excluding carboxylic acids is 12. The van der Waals surface area contributed by atoms with Gasteiger partial charge in [-0.2, -0.15) is 0 Å². The number of benzene rings is 2. The summed E-state index contributed by atoms with van der Waals surface area (Å²) in [6, 6.07) is 12.1. The Kier molecular flexibility index (Phi) is 51.3. The van der Waals surface area contributed by atoms with Gasteiger partial charge in [-0.1, -0.05) is 118 Å². The molecule has 2 aromatic rings. The van der Waals surface area contributed by atoms with Gasteiger partial charge in [0.05, 0.1) is 174 Å². The number of ether oxygens (including phenoxy) is 12. The number of anilines is 1. The molecule has 0 unspecified atom stereocenters. The number of aliphatic hydroxyl groups is 1. The minimum Gasteiger partial charge on any atom is -0.445 e. The van der Waals surface area contributed by atoms with Crippen molar-refractivity contribution in [2.45, 2.75) is 202 Å². The number of hydroxylamine groups is 2. The zero-order valence-electron chi connectivity index (χ0n) is 73.9. The van der Waals surface area contributed by atoms with Gasteiger partial charge in [-0.25, -0.2) is 14.4 Å². The van der Waals surface area contributed by atoms with Crippen molar-refractivity contribution in [3.63, 3.8) is 0 Å². The number of rotatable bonds is 66. The summed E-state index contributed by atoms with van der Waals surface area (Å²) in [7, 11) is 6.23. The quantitative estimate of drug-likeness (QED) is 0.0318. The van der Waals surface area contributed by atoms with E-state index in [0.717, 1.165) is 5.56 Å². The van der Waals surface area contributed by atoms with Crippen LogP contribution in [0.5, 0.6) is 0 Å². The molecule has 0 saturated carbocycles. The third-order valence-corrected chi connectivity index (χ3v) is 21.6. The van der Waals surface area contributed by atoms with Gasteiger partial charge in [0, 0.05) is 103 Å². The maximum absolute atomic E-state index is 14.9. The summed E-state index contributed by atoms with van der Waals surface area (Å²) in [5, 5.41) is 19.8. The molecule has 0 aliphatic carbocycles. The number of carbonyl (C=O) groups is 12. The molecule has 0 spiro atoms. The molecule has 0 bridgehead atoms. The first-order valence-electron chi connectivity index (χ1n) is 42.7. The summed E-state index contributed by atoms with van der Waals surface area (Å²) in [5.74, 6) is -7.78. The standard InChI is InChI=1S/C87H140N8O26/c1-15-61(8)81(73(109-13)56-77(102)94-34-20-24-69(94)83(110-14)63(10)70(96)53-62(9)82(104)65-21-17-16-18-22-65)92(11)85(106)68(58(2)3)55-72(98)80(60(6)7)93(12)87(108)120-57-64-25-27-67(28-26-64)90-84(105)66(23-19-33-89-86(88)107)54-71(97)79(59(4)5)91-74(99)31-35-111-37-39-113-41-43-115-45-47-117-49-51-119-52-50-118-48-46-116-44-42-114-40-38-112-36-32-78(103)121-95-75(100)29-30-76(95)101/h16-18,21-22,25-28,58-63,66,68-69,73,79-83,104H,15,19-20,23-24,29-57H2,1-14H3,(H,90,105)(H,91,99)(H3,88,89,107)/t61-,62-,63-,66+,68-,69-,73+,79-,80-,81-,82+,83+/m0/s1. The number of nitrogens with zero attached hydrogens (tertiary/aromatic N) is 4. The number of hydrogen-bond donors (Lipinski definition) is 5. The van der Waals surface area contributed by atoms with E-state index in [9.17, 15) is 62.6 Å². The molecule has 0 aromatic heterocycles. The second-order valence-corrected chi connectivity index (χ2v) is 31.8. The molecular formula is C87H140N8O26. The molecule has 6 N–H and O–H groups in total. The van der Waals surface area contributed by atoms with Crippen LogP contribution >= 0.6 is 0 Å². The minimum absolute atomic E-state index is 0.0314. The summed E-state index contributed by atoms with van der Waals surface area (Å²) < 4.78 is 67.4. The second kappa shape index (κ2) is 58.9. The minimum atomic E-state index is -0.977. The third-order valence-electron chi connectivity index (χ3n) is 21.6. The van der Waals surface area contributed by atoms with E-state index in [1.165, 1.54) is 19.1 Å². The summed E-state index contributed by atoms with van der Waals surface area (Å²) in [5.41, 5.74) is 6.96. The van der Waals surface area contributed by atoms with Gasteiger partial charge in [0.15, 0.2) is 11.6 Å². The molecule has 2 fully saturated rings. The van der Waals surface area contributed by atoms with Crippen molar-refractivity contribution in [1.82, 2.24) is 30.4 Å². The van der Waals surface area contributed by atoms with Crippen molar-refractivity contribution >= 4 is 76.6 Å². The largest absolute Gasteiger partial charge is 0.445 e. The molecule has 2 aliphatic heterocycles. The fraction of sp³-hybridized carbons (Fsp3) is 0.724. The van der Waals surface area contributed by atoms with Crippen molar-refractivity contribution in [2.24, 2.45) is 53.1 Å². The molecule has 34 nitrogen and oxygen atoms in total. The Morgan fingerprint density at radius 3 is 1.59 bits per heavy atom. The van der Waals surface area contributed by atoms with Gasteiger partial charge in [-0.15, -0.1) is 5.06 Å². The van der Waals surface area contributed by atoms with E-state index in [0.29, 0.717) is 134 Å². The average Bonchev–Trinajstić information content (AvgIpc) is 1.77. The number of methoxy groups -OCH3 is 2. The van der Waals surface area contributed by atoms with Crippen LogP contribution in [0, 0.1) is 47.3 Å². The third kappa shape index (κ3) is 38.8. The number of hydrogen-bond acceptors (Lipinski definition) is 26. The second-order valence-electron chi connectivity index (χ2n) is 31.8. The number of aliphatic hydroxyl groups excluding tert-OH is 1. The Morgan fingerprint density at radius 2 is 1.11 bits per heavy atom. The molecule has 121 heavy (non-hydrogen) atoms. The van der Waals surface area contributed by atoms with Crippen LogP contribution in [0.15, 0.2) is 54.6 Å². The van der Waals surface area contributed by atoms with E-state index in [1.807, 2.05) is 85.7 Å². The van der Waals surface area contributed by atoms with Crippen molar-refractivity contribution < 1.29 is 124 Å². The van der Waals surface area contributed by atoms with Crippen LogP contribution in [0.3, 0.4) is 0 Å². The van der Waals surface area contributed by atoms with Crippen LogP contribution in [0.4, 0.5) is 15.3 Å². The number of nitrogens with two attached hydrogens (primary N) is 1. The van der Waals surface area contributed by atoms with Crippen LogP contribution in [0.1, 0.15) is 170 Å². The molecule has 2 heterocycles. The number of ketones is 3. The highest BCUT2D eigenvalue weighted by Gasteiger charge is 2.45. The molecule has 2 aliphatic rings. The van der Waals surface area contributed by atoms with Crippen LogP contribution in [0.25, 0.3) is 0 Å². The van der Waals surface area contributed by atoms with Crippen molar-refractivity contribution in [3.05, 3.63) is 65.7 Å². The van der Waals surface area contributed by atoms with Crippen molar-refractivity contribution in [3.8, 4) is 0 Å². The predicted molar refractivity (Wildman–Crippen MR) is 446 cm³/mol. The van der Waals surface area contributed by atoms with E-state index < -0.39 is 102 Å². The molecule has 2 aromatic carbocycles. The van der Waals surface area contributed by atoms with Crippen LogP contribution in [-0.4, -0.2) is 292 Å². The Labute approximate surface area is 714 Å². The first-order chi connectivity index (χ1) is 57.9. The fourth-order valence-electron chi connectivity index (χ4n) is 14.6. The Hall–Kier alpha value is -8.00. The zero-order valence-corrected chi connectivity index (χ0v) is 73.9. The number of likely N-dealkylation sites (N-methyl/N-ethyl adjacent to an activating group) is 2. The Morgan fingerprint density at radius 1 is 0.587 bits per heavy atom. The van der Waals surface area contributed by atoms with Gasteiger partial charge in [0.1, 0.15) is 12.4 Å². The van der Waals surface area contributed by atoms with E-state index in [2.05, 4.69) is 16.0 Å². The molecule has 12 atom stereocenters. The Balaban J connectivity index is 1.15. The van der Waals surface area contributed by atoms with Gasteiger partial charge >= 0.3 is 18.1 Å². The maximum atomic E-state index is 14.9. The zero-order chi connectivity index (χ0) is 89.3. The molecule has 4 rings (SSSR count). The lowest BCUT2D eigenvalue weighted by atomic mass is 9.83. The number of imide groups is 1. The van der Waals surface area contributed by atoms with Gasteiger partial charge < -0.3 is 103 Å². The lowest BCUT2D eigenvalue weighted by molar-refractivity contribution is -0.198. The predicted octanol–water partition coefficient (Wildman–Crippen LogP) is 7.40. The SMILES string of the molecule is CC[C@H](C)[C@@H]([C@@H](CC(=O)N1CCC[C@H]1[C@H](OC)[C@@H](C)C(=O)C[C@H](C)[C@@H](O)c1ccccc1)OC)N(C)C(=O)[C@@H](CC(=O)[C@H](C(C)C)N(C)C(=O)OCc1ccc(NC(=O)[C@H](CCCNC(N)=O)CC(=O)[C@@H](NC(=O)CCOCCOCCOCCOCCOCCOCCOCCOCCOCCC(=O)ON2C(=O)CCC2=O)C(C)C)cc1)C(C)C. The molecule has 0 radical (unpaired) electrons. The molecule has 684 valence electrons. The lowest BCUT2D eigenvalue weighted by Crippen LogP contribution is -2.54. The molecular weight excluding hydrogens is 1570 g/mol. The van der Waals surface area contributed by atoms with E-state index in [1.54, 1.807) is 62.1 Å². The maximum Gasteiger partial charge on any atom is 0.410 e. The highest BCUT2D eigenvalue weighted by molar-refractivity contribution is 6.02. The number of Topliss-reactive ketones (excluding diaryl/α,β-unsaturated/α-hetero) is 3. The molecule has 9 amide bonds. The topological polar surface area (TPSA) is 420 Å². The van der Waals surface area contributed by atoms with Crippen molar-refractivity contribution in [1.29, 1.82) is 0 Å². The Bertz CT molecular complexity index is 3410. The van der Waals surface area contributed by atoms with E-state index in [4.69, 9.17) is 67.4 Å². The van der Waals surface area contributed by atoms with Crippen LogP contribution < -0.4 is 21.7 Å². The highest BCUT2D eigenvalue weighted by Crippen LogP contribution is 2.34. The first-order valence-corrected chi connectivity index (χ1v) is 42.7. The summed E-state index contributed by atoms with van der Waals surface area (Å²) in [6.07, 6.45) is -0.934. The lowest BCUT2D eigenvalue weighted by Gasteiger charge is -2.41. The highest BCUT2D eigenvalue weighted by atomic mass is 16.7. The number of amides is 9. The number of primary amides is 1. The molecule has 2 saturated heterocycles. The average molecular weight is 1710 g/mol. The summed E-state index contributed by atoms with van der Waals surface area (Å²) in [6.45, 7) is 24.5. The van der Waals surface area contributed by atoms with Gasteiger partial charge in [0.25, 0.3) is 11.8 Å². The summed E-state index contributed by atoms with van der Waals surface area (Å²) in [4.78, 5) is 169. The molecule has 34 heteroatoms. The smallest absolute Gasteiger partial charge is 0.410 e. The normalized spacial score (nSPS) is 16.4. The monoisotopic (exact) mass is 1710 g/mol. The van der Waals surface area contributed by atoms with E-state index >= 15 is 0 Å². The van der Waals surface area contributed by atoms with Crippen LogP contribution in [-0.2, 0) is 116 Å². The van der Waals surface area contributed by atoms with Gasteiger partial charge in [0.2, 0.25) is 23.6 Å². The number of likely N-dealkylation sites (tertiary alicyclic amines) is 1. The number of urea groups is 1. The first kappa shape index (κ1) is 105. The number of nitrogens with one attached hydrogen (secondary N) is 3. The van der Waals surface area contributed by atoms with Crippen LogP contribution in [0.2, 0.25) is 0 Å². The van der Waals surface area contributed by atoms with Gasteiger partial charge in [-0.05, 0) is 78.5 Å². The summed E-state index contributed by atoms with van der Waals surface area (Å²) >= 11 is 0. The van der Waals surface area contributed by atoms with Gasteiger partial charge in [-0.3, -0.25) is 43.2 Å².